The molecule has 1 N–H and O–H groups in total. The molecule has 2 aromatic heterocycles. The Bertz CT molecular complexity index is 519. The highest BCUT2D eigenvalue weighted by Crippen LogP contribution is 2.10. The van der Waals surface area contributed by atoms with E-state index in [2.05, 4.69) is 10.4 Å². The summed E-state index contributed by atoms with van der Waals surface area (Å²) in [4.78, 5) is 11.8. The molecular formula is C13H17N3O3. The summed E-state index contributed by atoms with van der Waals surface area (Å²) in [5, 5.41) is 6.82. The normalized spacial score (nSPS) is 12.1. The van der Waals surface area contributed by atoms with Crippen molar-refractivity contribution in [2.75, 3.05) is 0 Å². The highest BCUT2D eigenvalue weighted by molar-refractivity contribution is 5.80. The summed E-state index contributed by atoms with van der Waals surface area (Å²) >= 11 is 0. The Kier molecular flexibility index (Phi) is 4.22. The van der Waals surface area contributed by atoms with Crippen LogP contribution in [0.5, 0.6) is 5.75 Å². The van der Waals surface area contributed by atoms with Crippen molar-refractivity contribution in [3.8, 4) is 5.75 Å². The number of rotatable bonds is 6. The highest BCUT2D eigenvalue weighted by atomic mass is 16.5. The lowest BCUT2D eigenvalue weighted by Crippen LogP contribution is -2.35. The number of amides is 1. The molecule has 0 aliphatic carbocycles. The van der Waals surface area contributed by atoms with E-state index in [1.54, 1.807) is 42.4 Å². The van der Waals surface area contributed by atoms with E-state index in [-0.39, 0.29) is 5.91 Å². The van der Waals surface area contributed by atoms with Gasteiger partial charge < -0.3 is 14.5 Å². The standard InChI is InChI=1S/C13H17N3O3/c1-3-16-9-12(8-15-16)19-10(2)13(17)14-7-11-5-4-6-18-11/h4-6,8-10H,3,7H2,1-2H3,(H,14,17). The van der Waals surface area contributed by atoms with Crippen molar-refractivity contribution in [1.82, 2.24) is 15.1 Å². The minimum atomic E-state index is -0.579. The first kappa shape index (κ1) is 13.2. The van der Waals surface area contributed by atoms with E-state index in [1.165, 1.54) is 0 Å². The lowest BCUT2D eigenvalue weighted by atomic mass is 10.3. The summed E-state index contributed by atoms with van der Waals surface area (Å²) in [5.41, 5.74) is 0. The first-order valence-corrected chi connectivity index (χ1v) is 6.18. The van der Waals surface area contributed by atoms with Gasteiger partial charge in [0.15, 0.2) is 11.9 Å². The summed E-state index contributed by atoms with van der Waals surface area (Å²) in [7, 11) is 0. The van der Waals surface area contributed by atoms with Crippen molar-refractivity contribution < 1.29 is 13.9 Å². The maximum atomic E-state index is 11.8. The Labute approximate surface area is 111 Å². The van der Waals surface area contributed by atoms with Gasteiger partial charge in [-0.25, -0.2) is 0 Å². The zero-order chi connectivity index (χ0) is 13.7. The van der Waals surface area contributed by atoms with Crippen LogP contribution in [0.2, 0.25) is 0 Å². The molecule has 2 rings (SSSR count). The number of carbonyl (C=O) groups is 1. The molecule has 2 heterocycles. The molecule has 0 aromatic carbocycles. The number of aromatic nitrogens is 2. The topological polar surface area (TPSA) is 69.3 Å². The molecule has 6 heteroatoms. The smallest absolute Gasteiger partial charge is 0.261 e. The van der Waals surface area contributed by atoms with Crippen LogP contribution in [-0.2, 0) is 17.9 Å². The third kappa shape index (κ3) is 3.61. The molecule has 0 bridgehead atoms. The van der Waals surface area contributed by atoms with Gasteiger partial charge in [-0.15, -0.1) is 0 Å². The Balaban J connectivity index is 1.81. The number of aryl methyl sites for hydroxylation is 1. The summed E-state index contributed by atoms with van der Waals surface area (Å²) in [5.74, 6) is 1.10. The monoisotopic (exact) mass is 263 g/mol. The van der Waals surface area contributed by atoms with Crippen LogP contribution >= 0.6 is 0 Å². The van der Waals surface area contributed by atoms with Crippen molar-refractivity contribution >= 4 is 5.91 Å². The molecule has 6 nitrogen and oxygen atoms in total. The predicted molar refractivity (Wildman–Crippen MR) is 68.5 cm³/mol. The molecule has 0 radical (unpaired) electrons. The van der Waals surface area contributed by atoms with E-state index in [9.17, 15) is 4.79 Å². The van der Waals surface area contributed by atoms with Crippen molar-refractivity contribution in [1.29, 1.82) is 0 Å². The molecule has 1 atom stereocenters. The van der Waals surface area contributed by atoms with Crippen LogP contribution in [0.1, 0.15) is 19.6 Å². The number of furan rings is 1. The van der Waals surface area contributed by atoms with Crippen LogP contribution in [-0.4, -0.2) is 21.8 Å². The maximum absolute atomic E-state index is 11.8. The summed E-state index contributed by atoms with van der Waals surface area (Å²) < 4.78 is 12.4. The van der Waals surface area contributed by atoms with Gasteiger partial charge in [0, 0.05) is 6.54 Å². The SMILES string of the molecule is CCn1cc(OC(C)C(=O)NCc2ccco2)cn1. The largest absolute Gasteiger partial charge is 0.478 e. The van der Waals surface area contributed by atoms with Gasteiger partial charge in [0.1, 0.15) is 5.76 Å². The van der Waals surface area contributed by atoms with E-state index in [4.69, 9.17) is 9.15 Å². The fourth-order valence-electron chi connectivity index (χ4n) is 1.57. The quantitative estimate of drug-likeness (QED) is 0.859. The molecule has 2 aromatic rings. The van der Waals surface area contributed by atoms with E-state index in [1.807, 2.05) is 6.92 Å². The van der Waals surface area contributed by atoms with Crippen molar-refractivity contribution in [2.45, 2.75) is 33.0 Å². The van der Waals surface area contributed by atoms with E-state index >= 15 is 0 Å². The minimum Gasteiger partial charge on any atom is -0.478 e. The fourth-order valence-corrected chi connectivity index (χ4v) is 1.57. The second-order valence-corrected chi connectivity index (χ2v) is 4.09. The van der Waals surface area contributed by atoms with Crippen LogP contribution in [0.15, 0.2) is 35.2 Å². The van der Waals surface area contributed by atoms with Gasteiger partial charge in [0.05, 0.1) is 25.2 Å². The van der Waals surface area contributed by atoms with Gasteiger partial charge in [-0.05, 0) is 26.0 Å². The van der Waals surface area contributed by atoms with Crippen molar-refractivity contribution in [2.24, 2.45) is 0 Å². The Hall–Kier alpha value is -2.24. The van der Waals surface area contributed by atoms with Crippen LogP contribution in [0.4, 0.5) is 0 Å². The van der Waals surface area contributed by atoms with E-state index < -0.39 is 6.10 Å². The van der Waals surface area contributed by atoms with Crippen LogP contribution < -0.4 is 10.1 Å². The molecule has 1 unspecified atom stereocenters. The molecule has 0 aliphatic heterocycles. The number of carbonyl (C=O) groups excluding carboxylic acids is 1. The number of hydrogen-bond acceptors (Lipinski definition) is 4. The van der Waals surface area contributed by atoms with Gasteiger partial charge in [-0.1, -0.05) is 0 Å². The van der Waals surface area contributed by atoms with Gasteiger partial charge in [-0.3, -0.25) is 9.48 Å². The summed E-state index contributed by atoms with van der Waals surface area (Å²) in [6.07, 6.45) is 4.35. The molecule has 0 saturated heterocycles. The first-order valence-electron chi connectivity index (χ1n) is 6.18. The second-order valence-electron chi connectivity index (χ2n) is 4.09. The van der Waals surface area contributed by atoms with Crippen molar-refractivity contribution in [3.05, 3.63) is 36.5 Å². The molecule has 19 heavy (non-hydrogen) atoms. The fraction of sp³-hybridized carbons (Fsp3) is 0.385. The number of ether oxygens (including phenoxy) is 1. The summed E-state index contributed by atoms with van der Waals surface area (Å²) in [6, 6.07) is 3.58. The van der Waals surface area contributed by atoms with Crippen LogP contribution in [0.3, 0.4) is 0 Å². The molecule has 0 fully saturated rings. The van der Waals surface area contributed by atoms with E-state index in [0.29, 0.717) is 18.1 Å². The van der Waals surface area contributed by atoms with Crippen LogP contribution in [0, 0.1) is 0 Å². The molecule has 0 saturated carbocycles. The Morgan fingerprint density at radius 1 is 1.63 bits per heavy atom. The Morgan fingerprint density at radius 3 is 3.11 bits per heavy atom. The number of nitrogens with zero attached hydrogens (tertiary/aromatic N) is 2. The third-order valence-corrected chi connectivity index (χ3v) is 2.63. The van der Waals surface area contributed by atoms with E-state index in [0.717, 1.165) is 6.54 Å². The van der Waals surface area contributed by atoms with Gasteiger partial charge in [-0.2, -0.15) is 5.10 Å². The molecule has 102 valence electrons. The van der Waals surface area contributed by atoms with Crippen LogP contribution in [0.25, 0.3) is 0 Å². The number of nitrogens with one attached hydrogen (secondary N) is 1. The summed E-state index contributed by atoms with van der Waals surface area (Å²) in [6.45, 7) is 4.80. The minimum absolute atomic E-state index is 0.194. The molecule has 0 aliphatic rings. The molecule has 0 spiro atoms. The zero-order valence-corrected chi connectivity index (χ0v) is 11.0. The lowest BCUT2D eigenvalue weighted by Gasteiger charge is -2.12. The maximum Gasteiger partial charge on any atom is 0.261 e. The second kappa shape index (κ2) is 6.08. The average Bonchev–Trinajstić information content (AvgIpc) is 3.06. The zero-order valence-electron chi connectivity index (χ0n) is 11.0. The van der Waals surface area contributed by atoms with Gasteiger partial charge in [0.25, 0.3) is 5.91 Å². The molecule has 1 amide bonds. The first-order chi connectivity index (χ1) is 9.19. The number of hydrogen-bond donors (Lipinski definition) is 1. The average molecular weight is 263 g/mol. The van der Waals surface area contributed by atoms with Crippen molar-refractivity contribution in [3.63, 3.8) is 0 Å². The lowest BCUT2D eigenvalue weighted by molar-refractivity contribution is -0.127. The predicted octanol–water partition coefficient (Wildman–Crippen LogP) is 1.58. The molecular weight excluding hydrogens is 246 g/mol. The third-order valence-electron chi connectivity index (χ3n) is 2.63. The van der Waals surface area contributed by atoms with Gasteiger partial charge in [0.2, 0.25) is 0 Å². The Morgan fingerprint density at radius 2 is 2.47 bits per heavy atom. The highest BCUT2D eigenvalue weighted by Gasteiger charge is 2.15. The van der Waals surface area contributed by atoms with Gasteiger partial charge >= 0.3 is 0 Å².